The van der Waals surface area contributed by atoms with Gasteiger partial charge in [-0.15, -0.1) is 0 Å². The molecule has 13 heteroatoms. The molecule has 12 nitrogen and oxygen atoms in total. The Morgan fingerprint density at radius 3 is 2.36 bits per heavy atom. The number of rotatable bonds is 14. The van der Waals surface area contributed by atoms with E-state index in [-0.39, 0.29) is 71.9 Å². The Kier molecular flexibility index (Phi) is 10.7. The number of aliphatic hydroxyl groups excluding tert-OH is 1. The van der Waals surface area contributed by atoms with Crippen LogP contribution in [-0.4, -0.2) is 67.9 Å². The van der Waals surface area contributed by atoms with Crippen LogP contribution in [0.25, 0.3) is 11.4 Å². The van der Waals surface area contributed by atoms with Crippen molar-refractivity contribution in [3.8, 4) is 34.5 Å². The summed E-state index contributed by atoms with van der Waals surface area (Å²) in [5.41, 5.74) is 0.348. The van der Waals surface area contributed by atoms with Crippen LogP contribution in [0.3, 0.4) is 0 Å². The second kappa shape index (κ2) is 14.6. The van der Waals surface area contributed by atoms with E-state index in [4.69, 9.17) is 23.9 Å². The SMILES string of the molecule is CCOC(=O)c1cc(-c2nc(OCCO)c(Oc3ccccc3OC)c(N(CC(C)C)S(=O)(=O)c3ccccc3)n2)ccn1. The Bertz CT molecular complexity index is 1680. The fourth-order valence-corrected chi connectivity index (χ4v) is 5.70. The molecule has 0 saturated carbocycles. The van der Waals surface area contributed by atoms with Gasteiger partial charge in [-0.3, -0.25) is 0 Å². The first-order valence-electron chi connectivity index (χ1n) is 13.9. The molecule has 0 bridgehead atoms. The van der Waals surface area contributed by atoms with Gasteiger partial charge in [-0.05, 0) is 49.2 Å². The summed E-state index contributed by atoms with van der Waals surface area (Å²) in [4.78, 5) is 25.8. The van der Waals surface area contributed by atoms with Crippen LogP contribution in [0.1, 0.15) is 31.3 Å². The van der Waals surface area contributed by atoms with Crippen molar-refractivity contribution in [1.29, 1.82) is 0 Å². The number of carbonyl (C=O) groups excluding carboxylic acids is 1. The van der Waals surface area contributed by atoms with Crippen LogP contribution in [0.15, 0.2) is 77.8 Å². The number of aliphatic hydroxyl groups is 1. The maximum Gasteiger partial charge on any atom is 0.356 e. The number of methoxy groups -OCH3 is 1. The molecule has 232 valence electrons. The number of esters is 1. The third-order valence-electron chi connectivity index (χ3n) is 6.03. The Morgan fingerprint density at radius 2 is 1.70 bits per heavy atom. The van der Waals surface area contributed by atoms with Crippen molar-refractivity contribution in [2.75, 3.05) is 37.8 Å². The van der Waals surface area contributed by atoms with Gasteiger partial charge >= 0.3 is 5.97 Å². The molecule has 0 amide bonds. The van der Waals surface area contributed by atoms with Crippen LogP contribution in [0, 0.1) is 5.92 Å². The van der Waals surface area contributed by atoms with Crippen LogP contribution in [0.5, 0.6) is 23.1 Å². The maximum atomic E-state index is 14.2. The largest absolute Gasteiger partial charge is 0.493 e. The van der Waals surface area contributed by atoms with Crippen molar-refractivity contribution < 1.29 is 37.3 Å². The molecule has 0 aliphatic heterocycles. The average Bonchev–Trinajstić information content (AvgIpc) is 3.03. The average molecular weight is 623 g/mol. The molecular weight excluding hydrogens is 588 g/mol. The Labute approximate surface area is 256 Å². The Morgan fingerprint density at radius 1 is 1.00 bits per heavy atom. The van der Waals surface area contributed by atoms with E-state index in [1.54, 1.807) is 55.5 Å². The molecule has 0 radical (unpaired) electrons. The summed E-state index contributed by atoms with van der Waals surface area (Å²) in [6.07, 6.45) is 1.39. The molecule has 2 aromatic carbocycles. The second-order valence-electron chi connectivity index (χ2n) is 9.72. The molecule has 0 atom stereocenters. The number of pyridine rings is 1. The van der Waals surface area contributed by atoms with Crippen LogP contribution >= 0.6 is 0 Å². The number of ether oxygens (including phenoxy) is 4. The molecule has 4 rings (SSSR count). The topological polar surface area (TPSA) is 150 Å². The molecular formula is C31H34N4O8S. The van der Waals surface area contributed by atoms with Crippen molar-refractivity contribution in [2.45, 2.75) is 25.7 Å². The first kappa shape index (κ1) is 32.2. The molecule has 2 heterocycles. The first-order chi connectivity index (χ1) is 21.2. The molecule has 0 fully saturated rings. The maximum absolute atomic E-state index is 14.2. The van der Waals surface area contributed by atoms with Crippen LogP contribution in [0.2, 0.25) is 0 Å². The highest BCUT2D eigenvalue weighted by atomic mass is 32.2. The zero-order chi connectivity index (χ0) is 31.7. The van der Waals surface area contributed by atoms with E-state index in [1.165, 1.54) is 31.5 Å². The number of sulfonamides is 1. The minimum absolute atomic E-state index is 0.0117. The lowest BCUT2D eigenvalue weighted by Gasteiger charge is -2.28. The van der Waals surface area contributed by atoms with Crippen molar-refractivity contribution in [1.82, 2.24) is 15.0 Å². The van der Waals surface area contributed by atoms with Gasteiger partial charge in [0.25, 0.3) is 15.9 Å². The van der Waals surface area contributed by atoms with Crippen LogP contribution in [0.4, 0.5) is 5.82 Å². The van der Waals surface area contributed by atoms with E-state index in [0.717, 1.165) is 4.31 Å². The van der Waals surface area contributed by atoms with Crippen molar-refractivity contribution in [2.24, 2.45) is 5.92 Å². The van der Waals surface area contributed by atoms with E-state index in [1.807, 2.05) is 13.8 Å². The second-order valence-corrected chi connectivity index (χ2v) is 11.6. The number of benzene rings is 2. The van der Waals surface area contributed by atoms with Gasteiger partial charge in [-0.2, -0.15) is 4.98 Å². The number of hydrogen-bond acceptors (Lipinski definition) is 11. The molecule has 2 aromatic heterocycles. The minimum atomic E-state index is -4.20. The van der Waals surface area contributed by atoms with Crippen molar-refractivity contribution in [3.63, 3.8) is 0 Å². The minimum Gasteiger partial charge on any atom is -0.493 e. The van der Waals surface area contributed by atoms with Gasteiger partial charge in [0.1, 0.15) is 12.3 Å². The van der Waals surface area contributed by atoms with E-state index in [2.05, 4.69) is 9.97 Å². The number of carbonyl (C=O) groups is 1. The standard InChI is InChI=1S/C31H34N4O8S/c1-5-41-31(37)24-19-22(15-16-32-24)28-33-29(35(20-21(2)3)44(38,39)23-11-7-6-8-12-23)27(30(34-28)42-18-17-36)43-26-14-10-9-13-25(26)40-4/h6-16,19,21,36H,5,17-18,20H2,1-4H3. The van der Waals surface area contributed by atoms with Gasteiger partial charge in [-0.1, -0.05) is 44.2 Å². The molecule has 0 aliphatic carbocycles. The molecule has 0 aliphatic rings. The van der Waals surface area contributed by atoms with Gasteiger partial charge in [0.2, 0.25) is 5.75 Å². The summed E-state index contributed by atoms with van der Waals surface area (Å²) in [6, 6.07) is 17.7. The highest BCUT2D eigenvalue weighted by Crippen LogP contribution is 2.44. The fourth-order valence-electron chi connectivity index (χ4n) is 4.10. The van der Waals surface area contributed by atoms with Gasteiger partial charge in [0, 0.05) is 18.3 Å². The van der Waals surface area contributed by atoms with Gasteiger partial charge in [0.05, 0.1) is 25.2 Å². The zero-order valence-electron chi connectivity index (χ0n) is 24.8. The van der Waals surface area contributed by atoms with Crippen LogP contribution < -0.4 is 18.5 Å². The molecule has 0 spiro atoms. The molecule has 1 N–H and O–H groups in total. The van der Waals surface area contributed by atoms with Crippen molar-refractivity contribution >= 4 is 21.8 Å². The van der Waals surface area contributed by atoms with Crippen LogP contribution in [-0.2, 0) is 14.8 Å². The summed E-state index contributed by atoms with van der Waals surface area (Å²) in [5, 5.41) is 9.60. The molecule has 0 unspecified atom stereocenters. The fraction of sp³-hybridized carbons (Fsp3) is 0.290. The summed E-state index contributed by atoms with van der Waals surface area (Å²) in [6.45, 7) is 5.04. The van der Waals surface area contributed by atoms with Gasteiger partial charge in [-0.25, -0.2) is 27.5 Å². The van der Waals surface area contributed by atoms with Gasteiger partial charge < -0.3 is 24.1 Å². The summed E-state index contributed by atoms with van der Waals surface area (Å²) in [7, 11) is -2.73. The summed E-state index contributed by atoms with van der Waals surface area (Å²) >= 11 is 0. The molecule has 0 saturated heterocycles. The zero-order valence-corrected chi connectivity index (χ0v) is 25.7. The van der Waals surface area contributed by atoms with Crippen molar-refractivity contribution in [3.05, 3.63) is 78.6 Å². The smallest absolute Gasteiger partial charge is 0.356 e. The number of hydrogen-bond donors (Lipinski definition) is 1. The van der Waals surface area contributed by atoms with E-state index >= 15 is 0 Å². The highest BCUT2D eigenvalue weighted by molar-refractivity contribution is 7.92. The number of anilines is 1. The summed E-state index contributed by atoms with van der Waals surface area (Å²) in [5.74, 6) is -0.546. The van der Waals surface area contributed by atoms with E-state index in [9.17, 15) is 18.3 Å². The molecule has 4 aromatic rings. The monoisotopic (exact) mass is 622 g/mol. The van der Waals surface area contributed by atoms with Gasteiger partial charge in [0.15, 0.2) is 23.1 Å². The quantitative estimate of drug-likeness (QED) is 0.194. The number of nitrogens with zero attached hydrogens (tertiary/aromatic N) is 4. The predicted octanol–water partition coefficient (Wildman–Crippen LogP) is 4.74. The Balaban J connectivity index is 2.03. The highest BCUT2D eigenvalue weighted by Gasteiger charge is 2.33. The first-order valence-corrected chi connectivity index (χ1v) is 15.3. The third-order valence-corrected chi connectivity index (χ3v) is 7.80. The van der Waals surface area contributed by atoms with E-state index in [0.29, 0.717) is 11.3 Å². The predicted molar refractivity (Wildman–Crippen MR) is 163 cm³/mol. The number of para-hydroxylation sites is 2. The lowest BCUT2D eigenvalue weighted by atomic mass is 10.2. The summed E-state index contributed by atoms with van der Waals surface area (Å²) < 4.78 is 52.2. The third kappa shape index (κ3) is 7.41. The van der Waals surface area contributed by atoms with E-state index < -0.39 is 16.0 Å². The normalized spacial score (nSPS) is 11.2. The lowest BCUT2D eigenvalue weighted by Crippen LogP contribution is -2.35. The number of aromatic nitrogens is 3. The Hall–Kier alpha value is -4.75. The lowest BCUT2D eigenvalue weighted by molar-refractivity contribution is 0.0519. The molecule has 44 heavy (non-hydrogen) atoms.